The van der Waals surface area contributed by atoms with Crippen molar-refractivity contribution in [1.29, 1.82) is 5.26 Å². The topological polar surface area (TPSA) is 69.0 Å². The van der Waals surface area contributed by atoms with Gasteiger partial charge >= 0.3 is 0 Å². The molecule has 1 aliphatic rings. The molecule has 5 nitrogen and oxygen atoms in total. The summed E-state index contributed by atoms with van der Waals surface area (Å²) in [6.07, 6.45) is 2.69. The molecule has 6 heteroatoms. The van der Waals surface area contributed by atoms with E-state index in [1.54, 1.807) is 12.3 Å². The SMILES string of the molecule is N#Cc1cc(NC2CN(CCCF)C2)cnc1C=O. The Kier molecular flexibility index (Phi) is 4.42. The second kappa shape index (κ2) is 6.25. The summed E-state index contributed by atoms with van der Waals surface area (Å²) in [4.78, 5) is 16.8. The Morgan fingerprint density at radius 2 is 2.42 bits per heavy atom. The number of carbonyl (C=O) groups excluding carboxylic acids is 1. The van der Waals surface area contributed by atoms with Crippen molar-refractivity contribution in [2.24, 2.45) is 0 Å². The van der Waals surface area contributed by atoms with E-state index in [2.05, 4.69) is 15.2 Å². The fraction of sp³-hybridized carbons (Fsp3) is 0.462. The predicted molar refractivity (Wildman–Crippen MR) is 68.8 cm³/mol. The van der Waals surface area contributed by atoms with E-state index in [4.69, 9.17) is 5.26 Å². The van der Waals surface area contributed by atoms with Gasteiger partial charge in [-0.15, -0.1) is 0 Å². The van der Waals surface area contributed by atoms with E-state index in [1.165, 1.54) is 0 Å². The summed E-state index contributed by atoms with van der Waals surface area (Å²) in [5.41, 5.74) is 1.16. The molecule has 1 aromatic rings. The Bertz CT molecular complexity index is 494. The van der Waals surface area contributed by atoms with Crippen LogP contribution in [0.5, 0.6) is 0 Å². The highest BCUT2D eigenvalue weighted by Crippen LogP contribution is 2.17. The van der Waals surface area contributed by atoms with Gasteiger partial charge in [0.05, 0.1) is 30.2 Å². The van der Waals surface area contributed by atoms with Gasteiger partial charge in [-0.05, 0) is 12.5 Å². The van der Waals surface area contributed by atoms with Crippen LogP contribution in [0, 0.1) is 11.3 Å². The molecule has 0 aliphatic carbocycles. The minimum Gasteiger partial charge on any atom is -0.378 e. The Morgan fingerprint density at radius 1 is 1.63 bits per heavy atom. The van der Waals surface area contributed by atoms with Gasteiger partial charge < -0.3 is 5.32 Å². The number of carbonyl (C=O) groups is 1. The average Bonchev–Trinajstić information content (AvgIpc) is 2.40. The number of rotatable bonds is 6. The van der Waals surface area contributed by atoms with Crippen LogP contribution in [0.2, 0.25) is 0 Å². The van der Waals surface area contributed by atoms with Gasteiger partial charge in [0.1, 0.15) is 11.8 Å². The number of hydrogen-bond donors (Lipinski definition) is 1. The largest absolute Gasteiger partial charge is 0.378 e. The Hall–Kier alpha value is -2.00. The number of aldehydes is 1. The van der Waals surface area contributed by atoms with Crippen molar-refractivity contribution in [2.75, 3.05) is 31.6 Å². The second-order valence-corrected chi connectivity index (χ2v) is 4.53. The van der Waals surface area contributed by atoms with Crippen LogP contribution in [-0.2, 0) is 0 Å². The van der Waals surface area contributed by atoms with Crippen LogP contribution < -0.4 is 5.32 Å². The van der Waals surface area contributed by atoms with Crippen molar-refractivity contribution in [3.8, 4) is 6.07 Å². The van der Waals surface area contributed by atoms with Gasteiger partial charge in [-0.3, -0.25) is 14.1 Å². The predicted octanol–water partition coefficient (Wildman–Crippen LogP) is 1.22. The molecular weight excluding hydrogens is 247 g/mol. The first-order valence-electron chi connectivity index (χ1n) is 6.17. The zero-order valence-electron chi connectivity index (χ0n) is 10.5. The summed E-state index contributed by atoms with van der Waals surface area (Å²) in [5.74, 6) is 0. The third kappa shape index (κ3) is 3.26. The van der Waals surface area contributed by atoms with Gasteiger partial charge in [-0.2, -0.15) is 5.26 Å². The first-order chi connectivity index (χ1) is 9.26. The third-order valence-electron chi connectivity index (χ3n) is 3.09. The Morgan fingerprint density at radius 3 is 3.05 bits per heavy atom. The van der Waals surface area contributed by atoms with Crippen LogP contribution in [0.1, 0.15) is 22.5 Å². The lowest BCUT2D eigenvalue weighted by atomic mass is 10.1. The third-order valence-corrected chi connectivity index (χ3v) is 3.09. The Balaban J connectivity index is 1.88. The molecule has 100 valence electrons. The van der Waals surface area contributed by atoms with Crippen LogP contribution in [0.3, 0.4) is 0 Å². The number of likely N-dealkylation sites (tertiary alicyclic amines) is 1. The van der Waals surface area contributed by atoms with Crippen molar-refractivity contribution in [3.05, 3.63) is 23.5 Å². The van der Waals surface area contributed by atoms with Gasteiger partial charge in [0.2, 0.25) is 0 Å². The zero-order valence-corrected chi connectivity index (χ0v) is 10.5. The number of pyridine rings is 1. The number of nitriles is 1. The van der Waals surface area contributed by atoms with Gasteiger partial charge in [0, 0.05) is 19.6 Å². The van der Waals surface area contributed by atoms with E-state index in [9.17, 15) is 9.18 Å². The molecule has 19 heavy (non-hydrogen) atoms. The summed E-state index contributed by atoms with van der Waals surface area (Å²) < 4.78 is 12.0. The van der Waals surface area contributed by atoms with Gasteiger partial charge in [-0.1, -0.05) is 0 Å². The van der Waals surface area contributed by atoms with E-state index >= 15 is 0 Å². The molecule has 0 saturated carbocycles. The monoisotopic (exact) mass is 262 g/mol. The summed E-state index contributed by atoms with van der Waals surface area (Å²) in [6.45, 7) is 2.21. The van der Waals surface area contributed by atoms with Gasteiger partial charge in [0.15, 0.2) is 6.29 Å². The Labute approximate surface area is 111 Å². The number of halogens is 1. The van der Waals surface area contributed by atoms with E-state index < -0.39 is 0 Å². The molecule has 0 unspecified atom stereocenters. The number of anilines is 1. The van der Waals surface area contributed by atoms with Crippen LogP contribution >= 0.6 is 0 Å². The van der Waals surface area contributed by atoms with Gasteiger partial charge in [0.25, 0.3) is 0 Å². The molecule has 1 N–H and O–H groups in total. The van der Waals surface area contributed by atoms with Crippen LogP contribution in [0.15, 0.2) is 12.3 Å². The lowest BCUT2D eigenvalue weighted by molar-refractivity contribution is 0.111. The summed E-state index contributed by atoms with van der Waals surface area (Å²) in [7, 11) is 0. The van der Waals surface area contributed by atoms with Crippen molar-refractivity contribution in [2.45, 2.75) is 12.5 Å². The molecular formula is C13H15FN4O. The van der Waals surface area contributed by atoms with Crippen LogP contribution in [0.4, 0.5) is 10.1 Å². The van der Waals surface area contributed by atoms with Crippen LogP contribution in [-0.4, -0.2) is 48.5 Å². The summed E-state index contributed by atoms with van der Waals surface area (Å²) in [5, 5.41) is 12.1. The quantitative estimate of drug-likeness (QED) is 0.781. The van der Waals surface area contributed by atoms with E-state index in [0.717, 1.165) is 25.3 Å². The molecule has 1 fully saturated rings. The lowest BCUT2D eigenvalue weighted by Crippen LogP contribution is -2.54. The van der Waals surface area contributed by atoms with E-state index in [1.807, 2.05) is 6.07 Å². The molecule has 0 amide bonds. The van der Waals surface area contributed by atoms with Crippen molar-refractivity contribution >= 4 is 12.0 Å². The molecule has 0 bridgehead atoms. The maximum atomic E-state index is 12.0. The molecule has 0 aromatic carbocycles. The number of nitrogens with zero attached hydrogens (tertiary/aromatic N) is 3. The van der Waals surface area contributed by atoms with Crippen molar-refractivity contribution < 1.29 is 9.18 Å². The maximum absolute atomic E-state index is 12.0. The van der Waals surface area contributed by atoms with E-state index in [-0.39, 0.29) is 24.0 Å². The highest BCUT2D eigenvalue weighted by molar-refractivity contribution is 5.77. The first-order valence-corrected chi connectivity index (χ1v) is 6.17. The molecule has 2 rings (SSSR count). The molecule has 0 atom stereocenters. The minimum absolute atomic E-state index is 0.159. The van der Waals surface area contributed by atoms with Crippen LogP contribution in [0.25, 0.3) is 0 Å². The standard InChI is InChI=1S/C13H15FN4O/c14-2-1-3-18-7-12(8-18)17-11-4-10(5-15)13(9-19)16-6-11/h4,6,9,12,17H,1-3,7-8H2. The highest BCUT2D eigenvalue weighted by atomic mass is 19.1. The lowest BCUT2D eigenvalue weighted by Gasteiger charge is -2.40. The maximum Gasteiger partial charge on any atom is 0.169 e. The number of nitrogens with one attached hydrogen (secondary N) is 1. The molecule has 0 radical (unpaired) electrons. The normalized spacial score (nSPS) is 15.6. The summed E-state index contributed by atoms with van der Waals surface area (Å²) >= 11 is 0. The number of hydrogen-bond acceptors (Lipinski definition) is 5. The number of alkyl halides is 1. The molecule has 2 heterocycles. The smallest absolute Gasteiger partial charge is 0.169 e. The molecule has 1 saturated heterocycles. The van der Waals surface area contributed by atoms with Crippen molar-refractivity contribution in [3.63, 3.8) is 0 Å². The highest BCUT2D eigenvalue weighted by Gasteiger charge is 2.25. The van der Waals surface area contributed by atoms with Crippen molar-refractivity contribution in [1.82, 2.24) is 9.88 Å². The van der Waals surface area contributed by atoms with E-state index in [0.29, 0.717) is 12.7 Å². The fourth-order valence-corrected chi connectivity index (χ4v) is 2.10. The zero-order chi connectivity index (χ0) is 13.7. The number of aromatic nitrogens is 1. The molecule has 0 spiro atoms. The first kappa shape index (κ1) is 13.4. The fourth-order valence-electron chi connectivity index (χ4n) is 2.10. The summed E-state index contributed by atoms with van der Waals surface area (Å²) in [6, 6.07) is 3.86. The minimum atomic E-state index is -0.281. The molecule has 1 aromatic heterocycles. The average molecular weight is 262 g/mol. The molecule has 1 aliphatic heterocycles. The second-order valence-electron chi connectivity index (χ2n) is 4.53. The van der Waals surface area contributed by atoms with Gasteiger partial charge in [-0.25, -0.2) is 4.98 Å².